The van der Waals surface area contributed by atoms with Crippen LogP contribution in [-0.2, 0) is 4.79 Å². The standard InChI is InChI=1S/C26H33NO4S/c1-26(2)16-12-21(26)18(8-6-4-5-7-9-24(28)29)22(13-16)27-25(30)20-15-32-23-11-10-17(31-3)14-19(20)23/h4,6,10-11,14-16,18,21-22H,5,7-9,12-13H2,1-3H3,(H,27,30)(H,28,29)/t16-,18+,21+,22+/m0/s1. The number of rotatable bonds is 9. The van der Waals surface area contributed by atoms with Crippen LogP contribution in [0.15, 0.2) is 35.7 Å². The van der Waals surface area contributed by atoms with Gasteiger partial charge in [-0.25, -0.2) is 0 Å². The molecule has 0 radical (unpaired) electrons. The summed E-state index contributed by atoms with van der Waals surface area (Å²) >= 11 is 1.59. The number of methoxy groups -OCH3 is 1. The fourth-order valence-electron chi connectivity index (χ4n) is 5.74. The number of ether oxygens (including phenoxy) is 1. The Morgan fingerprint density at radius 3 is 2.81 bits per heavy atom. The van der Waals surface area contributed by atoms with Gasteiger partial charge in [-0.05, 0) is 73.5 Å². The molecule has 4 atom stereocenters. The average Bonchev–Trinajstić information content (AvgIpc) is 3.19. The highest BCUT2D eigenvalue weighted by molar-refractivity contribution is 7.17. The summed E-state index contributed by atoms with van der Waals surface area (Å²) in [6.07, 6.45) is 9.18. The Bertz CT molecular complexity index is 1020. The Balaban J connectivity index is 1.46. The Kier molecular flexibility index (Phi) is 6.61. The molecular formula is C26H33NO4S. The van der Waals surface area contributed by atoms with Gasteiger partial charge in [0.1, 0.15) is 5.75 Å². The van der Waals surface area contributed by atoms with Gasteiger partial charge in [0, 0.05) is 27.9 Å². The van der Waals surface area contributed by atoms with Crippen molar-refractivity contribution in [2.45, 2.75) is 58.4 Å². The number of carboxylic acids is 1. The monoisotopic (exact) mass is 455 g/mol. The van der Waals surface area contributed by atoms with E-state index in [1.165, 1.54) is 6.42 Å². The molecule has 1 amide bonds. The third-order valence-corrected chi connectivity index (χ3v) is 8.76. The number of unbranched alkanes of at least 4 members (excludes halogenated alkanes) is 1. The van der Waals surface area contributed by atoms with Crippen molar-refractivity contribution in [2.24, 2.45) is 23.2 Å². The van der Waals surface area contributed by atoms with E-state index in [4.69, 9.17) is 9.84 Å². The normalized spacial score (nSPS) is 26.1. The molecule has 2 N–H and O–H groups in total. The van der Waals surface area contributed by atoms with Gasteiger partial charge < -0.3 is 15.2 Å². The maximum Gasteiger partial charge on any atom is 0.303 e. The van der Waals surface area contributed by atoms with Crippen LogP contribution >= 0.6 is 11.3 Å². The molecule has 1 aromatic carbocycles. The van der Waals surface area contributed by atoms with Gasteiger partial charge in [0.15, 0.2) is 0 Å². The molecule has 2 aromatic rings. The van der Waals surface area contributed by atoms with Crippen LogP contribution in [0.3, 0.4) is 0 Å². The van der Waals surface area contributed by atoms with Crippen molar-refractivity contribution in [3.8, 4) is 5.75 Å². The van der Waals surface area contributed by atoms with E-state index in [9.17, 15) is 9.59 Å². The van der Waals surface area contributed by atoms with Gasteiger partial charge in [0.05, 0.1) is 12.7 Å². The maximum atomic E-state index is 13.3. The van der Waals surface area contributed by atoms with Crippen LogP contribution in [0.5, 0.6) is 5.75 Å². The zero-order valence-corrected chi connectivity index (χ0v) is 19.9. The quantitative estimate of drug-likeness (QED) is 0.365. The first-order valence-corrected chi connectivity index (χ1v) is 12.4. The number of hydrogen-bond donors (Lipinski definition) is 2. The van der Waals surface area contributed by atoms with Crippen LogP contribution in [0.4, 0.5) is 0 Å². The number of amides is 1. The predicted octanol–water partition coefficient (Wildman–Crippen LogP) is 5.89. The molecule has 0 aliphatic heterocycles. The Morgan fingerprint density at radius 2 is 2.09 bits per heavy atom. The molecule has 172 valence electrons. The molecule has 1 aromatic heterocycles. The molecule has 0 saturated heterocycles. The lowest BCUT2D eigenvalue weighted by Crippen LogP contribution is -2.61. The summed E-state index contributed by atoms with van der Waals surface area (Å²) < 4.78 is 6.44. The topological polar surface area (TPSA) is 75.6 Å². The summed E-state index contributed by atoms with van der Waals surface area (Å²) in [6.45, 7) is 4.73. The highest BCUT2D eigenvalue weighted by Gasteiger charge is 2.57. The minimum Gasteiger partial charge on any atom is -0.497 e. The van der Waals surface area contributed by atoms with E-state index in [1.54, 1.807) is 18.4 Å². The SMILES string of the molecule is COc1ccc2scc(C(=O)N[C@@H]3C[C@@H]4C[C@H]([C@H]3CC=CCCCC(=O)O)C4(C)C)c2c1. The average molecular weight is 456 g/mol. The van der Waals surface area contributed by atoms with Gasteiger partial charge in [0.25, 0.3) is 5.91 Å². The van der Waals surface area contributed by atoms with Crippen molar-refractivity contribution in [3.05, 3.63) is 41.3 Å². The highest BCUT2D eigenvalue weighted by Crippen LogP contribution is 2.62. The van der Waals surface area contributed by atoms with E-state index in [1.807, 2.05) is 23.6 Å². The lowest BCUT2D eigenvalue weighted by atomic mass is 9.44. The Morgan fingerprint density at radius 1 is 1.28 bits per heavy atom. The van der Waals surface area contributed by atoms with Gasteiger partial charge in [-0.1, -0.05) is 26.0 Å². The number of fused-ring (bicyclic) bond motifs is 3. The fraction of sp³-hybridized carbons (Fsp3) is 0.538. The lowest BCUT2D eigenvalue weighted by molar-refractivity contribution is -0.137. The zero-order chi connectivity index (χ0) is 22.9. The number of carbonyl (C=O) groups is 2. The van der Waals surface area contributed by atoms with Crippen molar-refractivity contribution in [3.63, 3.8) is 0 Å². The first-order valence-electron chi connectivity index (χ1n) is 11.5. The minimum atomic E-state index is -0.741. The Labute approximate surface area is 193 Å². The number of carboxylic acid groups (broad SMARTS) is 1. The summed E-state index contributed by atoms with van der Waals surface area (Å²) in [4.78, 5) is 24.0. The molecule has 6 heteroatoms. The number of carbonyl (C=O) groups excluding carboxylic acids is 1. The molecule has 2 bridgehead atoms. The van der Waals surface area contributed by atoms with Gasteiger partial charge in [0.2, 0.25) is 0 Å². The number of allylic oxidation sites excluding steroid dienone is 2. The molecule has 5 nitrogen and oxygen atoms in total. The number of nitrogens with one attached hydrogen (secondary N) is 1. The second-order valence-corrected chi connectivity index (χ2v) is 10.8. The largest absolute Gasteiger partial charge is 0.497 e. The summed E-state index contributed by atoms with van der Waals surface area (Å²) in [5, 5.41) is 15.1. The second-order valence-electron chi connectivity index (χ2n) is 9.84. The van der Waals surface area contributed by atoms with E-state index >= 15 is 0 Å². The van der Waals surface area contributed by atoms with Crippen molar-refractivity contribution in [1.29, 1.82) is 0 Å². The molecule has 32 heavy (non-hydrogen) atoms. The first-order chi connectivity index (χ1) is 15.3. The molecule has 3 fully saturated rings. The molecule has 0 unspecified atom stereocenters. The molecule has 3 saturated carbocycles. The number of benzene rings is 1. The van der Waals surface area contributed by atoms with E-state index in [-0.39, 0.29) is 18.4 Å². The molecule has 3 aliphatic rings. The van der Waals surface area contributed by atoms with Crippen molar-refractivity contribution >= 4 is 33.3 Å². The van der Waals surface area contributed by atoms with E-state index in [2.05, 4.69) is 31.3 Å². The van der Waals surface area contributed by atoms with Crippen molar-refractivity contribution in [2.75, 3.05) is 7.11 Å². The predicted molar refractivity (Wildman–Crippen MR) is 128 cm³/mol. The summed E-state index contributed by atoms with van der Waals surface area (Å²) in [5.74, 6) is 1.70. The molecule has 5 rings (SSSR count). The Hall–Kier alpha value is -2.34. The van der Waals surface area contributed by atoms with Crippen molar-refractivity contribution in [1.82, 2.24) is 5.32 Å². The van der Waals surface area contributed by atoms with Crippen LogP contribution in [-0.4, -0.2) is 30.1 Å². The van der Waals surface area contributed by atoms with E-state index < -0.39 is 5.97 Å². The van der Waals surface area contributed by atoms with Gasteiger partial charge in [-0.3, -0.25) is 9.59 Å². The highest BCUT2D eigenvalue weighted by atomic mass is 32.1. The molecular weight excluding hydrogens is 422 g/mol. The number of hydrogen-bond acceptors (Lipinski definition) is 4. The van der Waals surface area contributed by atoms with Crippen LogP contribution in [0.1, 0.15) is 62.7 Å². The fourth-order valence-corrected chi connectivity index (χ4v) is 6.66. The van der Waals surface area contributed by atoms with Crippen molar-refractivity contribution < 1.29 is 19.4 Å². The molecule has 0 spiro atoms. The lowest BCUT2D eigenvalue weighted by Gasteiger charge is -2.62. The van der Waals surface area contributed by atoms with Gasteiger partial charge in [-0.15, -0.1) is 11.3 Å². The minimum absolute atomic E-state index is 0.00375. The molecule has 3 aliphatic carbocycles. The van der Waals surface area contributed by atoms with Gasteiger partial charge in [-0.2, -0.15) is 0 Å². The summed E-state index contributed by atoms with van der Waals surface area (Å²) in [5.41, 5.74) is 1.05. The summed E-state index contributed by atoms with van der Waals surface area (Å²) in [6, 6.07) is 6.05. The van der Waals surface area contributed by atoms with E-state index in [0.717, 1.165) is 40.7 Å². The second kappa shape index (κ2) is 9.26. The maximum absolute atomic E-state index is 13.3. The third kappa shape index (κ3) is 4.42. The van der Waals surface area contributed by atoms with E-state index in [0.29, 0.717) is 29.6 Å². The van der Waals surface area contributed by atoms with Crippen LogP contribution in [0.2, 0.25) is 0 Å². The van der Waals surface area contributed by atoms with Gasteiger partial charge >= 0.3 is 5.97 Å². The number of aliphatic carboxylic acids is 1. The zero-order valence-electron chi connectivity index (χ0n) is 19.1. The number of thiophene rings is 1. The molecule has 1 heterocycles. The van der Waals surface area contributed by atoms with Crippen LogP contribution < -0.4 is 10.1 Å². The smallest absolute Gasteiger partial charge is 0.303 e. The summed E-state index contributed by atoms with van der Waals surface area (Å²) in [7, 11) is 1.64. The van der Waals surface area contributed by atoms with Crippen LogP contribution in [0, 0.1) is 23.2 Å². The first kappa shape index (κ1) is 22.8. The third-order valence-electron chi connectivity index (χ3n) is 7.80. The van der Waals surface area contributed by atoms with Crippen LogP contribution in [0.25, 0.3) is 10.1 Å².